The Balaban J connectivity index is 2.09. The molecule has 0 spiro atoms. The van der Waals surface area contributed by atoms with Crippen molar-refractivity contribution in [3.8, 4) is 0 Å². The molecule has 5 nitrogen and oxygen atoms in total. The number of carbonyl (C=O) groups is 2. The zero-order chi connectivity index (χ0) is 15.2. The number of nitrogens with one attached hydrogen (secondary N) is 3. The number of benzene rings is 1. The Morgan fingerprint density at radius 3 is 2.81 bits per heavy atom. The van der Waals surface area contributed by atoms with Crippen LogP contribution in [0.15, 0.2) is 24.3 Å². The average Bonchev–Trinajstić information content (AvgIpc) is 3.01. The summed E-state index contributed by atoms with van der Waals surface area (Å²) in [6.45, 7) is 4.85. The van der Waals surface area contributed by atoms with E-state index in [9.17, 15) is 9.59 Å². The Bertz CT molecular complexity index is 510. The smallest absolute Gasteiger partial charge is 0.253 e. The number of hydrogen-bond acceptors (Lipinski definition) is 3. The summed E-state index contributed by atoms with van der Waals surface area (Å²) in [7, 11) is 0. The van der Waals surface area contributed by atoms with Crippen molar-refractivity contribution in [2.75, 3.05) is 11.9 Å². The van der Waals surface area contributed by atoms with Crippen LogP contribution < -0.4 is 16.0 Å². The third-order valence-corrected chi connectivity index (χ3v) is 3.80. The van der Waals surface area contributed by atoms with Gasteiger partial charge in [0.2, 0.25) is 5.91 Å². The molecule has 0 aliphatic carbocycles. The van der Waals surface area contributed by atoms with Crippen molar-refractivity contribution in [2.45, 2.75) is 45.2 Å². The Kier molecular flexibility index (Phi) is 5.33. The summed E-state index contributed by atoms with van der Waals surface area (Å²) in [5.74, 6) is -0.226. The second-order valence-electron chi connectivity index (χ2n) is 5.47. The zero-order valence-electron chi connectivity index (χ0n) is 12.6. The van der Waals surface area contributed by atoms with Crippen LogP contribution >= 0.6 is 0 Å². The molecular weight excluding hydrogens is 266 g/mol. The average molecular weight is 289 g/mol. The van der Waals surface area contributed by atoms with Crippen molar-refractivity contribution < 1.29 is 9.59 Å². The lowest BCUT2D eigenvalue weighted by molar-refractivity contribution is -0.117. The largest absolute Gasteiger partial charge is 0.350 e. The molecule has 1 saturated heterocycles. The number of hydrogen-bond donors (Lipinski definition) is 3. The van der Waals surface area contributed by atoms with E-state index >= 15 is 0 Å². The van der Waals surface area contributed by atoms with Gasteiger partial charge in [-0.1, -0.05) is 19.1 Å². The van der Waals surface area contributed by atoms with Gasteiger partial charge in [-0.05, 0) is 44.9 Å². The molecule has 0 saturated carbocycles. The second kappa shape index (κ2) is 7.22. The summed E-state index contributed by atoms with van der Waals surface area (Å²) >= 11 is 0. The first-order chi connectivity index (χ1) is 10.1. The molecule has 21 heavy (non-hydrogen) atoms. The second-order valence-corrected chi connectivity index (χ2v) is 5.47. The highest BCUT2D eigenvalue weighted by Gasteiger charge is 2.23. The van der Waals surface area contributed by atoms with Gasteiger partial charge < -0.3 is 16.0 Å². The van der Waals surface area contributed by atoms with Crippen LogP contribution in [-0.2, 0) is 4.79 Å². The van der Waals surface area contributed by atoms with E-state index in [2.05, 4.69) is 16.0 Å². The van der Waals surface area contributed by atoms with Gasteiger partial charge in [0.15, 0.2) is 0 Å². The fourth-order valence-electron chi connectivity index (χ4n) is 2.32. The van der Waals surface area contributed by atoms with Crippen molar-refractivity contribution in [2.24, 2.45) is 0 Å². The first kappa shape index (κ1) is 15.5. The van der Waals surface area contributed by atoms with Gasteiger partial charge in [0.05, 0.1) is 17.3 Å². The maximum atomic E-state index is 12.3. The van der Waals surface area contributed by atoms with E-state index < -0.39 is 0 Å². The van der Waals surface area contributed by atoms with Crippen molar-refractivity contribution in [3.63, 3.8) is 0 Å². The van der Waals surface area contributed by atoms with Crippen molar-refractivity contribution in [1.82, 2.24) is 10.6 Å². The summed E-state index contributed by atoms with van der Waals surface area (Å²) in [4.78, 5) is 24.4. The first-order valence-electron chi connectivity index (χ1n) is 7.56. The number of rotatable bonds is 5. The molecule has 1 aromatic carbocycles. The molecule has 0 aromatic heterocycles. The van der Waals surface area contributed by atoms with E-state index in [1.807, 2.05) is 19.9 Å². The highest BCUT2D eigenvalue weighted by molar-refractivity contribution is 6.04. The van der Waals surface area contributed by atoms with Gasteiger partial charge in [-0.15, -0.1) is 0 Å². The van der Waals surface area contributed by atoms with Crippen molar-refractivity contribution in [1.29, 1.82) is 0 Å². The van der Waals surface area contributed by atoms with Crippen LogP contribution in [0.1, 0.15) is 43.5 Å². The van der Waals surface area contributed by atoms with Crippen LogP contribution in [0.25, 0.3) is 0 Å². The maximum absolute atomic E-state index is 12.3. The molecule has 1 heterocycles. The number of carbonyl (C=O) groups excluding carboxylic acids is 2. The third-order valence-electron chi connectivity index (χ3n) is 3.80. The molecule has 3 N–H and O–H groups in total. The Hall–Kier alpha value is -1.88. The van der Waals surface area contributed by atoms with Crippen LogP contribution in [0.2, 0.25) is 0 Å². The zero-order valence-corrected chi connectivity index (χ0v) is 12.6. The van der Waals surface area contributed by atoms with E-state index in [1.54, 1.807) is 18.2 Å². The molecule has 0 radical (unpaired) electrons. The van der Waals surface area contributed by atoms with Gasteiger partial charge in [0, 0.05) is 6.04 Å². The number of para-hydroxylation sites is 1. The third kappa shape index (κ3) is 4.04. The van der Waals surface area contributed by atoms with Gasteiger partial charge in [-0.2, -0.15) is 0 Å². The standard InChI is InChI=1S/C16H23N3O2/c1-3-11(2)18-15(20)12-7-4-5-8-13(12)19-16(21)14-9-6-10-17-14/h4-5,7-8,11,14,17H,3,6,9-10H2,1-2H3,(H,18,20)(H,19,21)/t11?,14-/m1/s1. The molecule has 1 aliphatic heterocycles. The Morgan fingerprint density at radius 1 is 1.38 bits per heavy atom. The van der Waals surface area contributed by atoms with Crippen molar-refractivity contribution >= 4 is 17.5 Å². The minimum absolute atomic E-state index is 0.0729. The van der Waals surface area contributed by atoms with Crippen molar-refractivity contribution in [3.05, 3.63) is 29.8 Å². The lowest BCUT2D eigenvalue weighted by Crippen LogP contribution is -2.37. The summed E-state index contributed by atoms with van der Waals surface area (Å²) < 4.78 is 0. The molecule has 5 heteroatoms. The number of anilines is 1. The molecule has 1 aliphatic rings. The molecule has 2 atom stereocenters. The molecule has 1 unspecified atom stereocenters. The molecule has 1 fully saturated rings. The minimum Gasteiger partial charge on any atom is -0.350 e. The normalized spacial score (nSPS) is 19.0. The van der Waals surface area contributed by atoms with Crippen LogP contribution in [-0.4, -0.2) is 30.4 Å². The van der Waals surface area contributed by atoms with E-state index in [0.717, 1.165) is 25.8 Å². The lowest BCUT2D eigenvalue weighted by atomic mass is 10.1. The molecule has 114 valence electrons. The summed E-state index contributed by atoms with van der Waals surface area (Å²) in [5.41, 5.74) is 1.07. The Labute approximate surface area is 125 Å². The molecular formula is C16H23N3O2. The van der Waals surface area contributed by atoms with Gasteiger partial charge in [-0.3, -0.25) is 9.59 Å². The lowest BCUT2D eigenvalue weighted by Gasteiger charge is -2.16. The summed E-state index contributed by atoms with van der Waals surface area (Å²) in [5, 5.41) is 8.94. The predicted octanol–water partition coefficient (Wildman–Crippen LogP) is 1.91. The molecule has 1 aromatic rings. The highest BCUT2D eigenvalue weighted by Crippen LogP contribution is 2.17. The molecule has 2 amide bonds. The SMILES string of the molecule is CCC(C)NC(=O)c1ccccc1NC(=O)[C@H]1CCCN1. The van der Waals surface area contributed by atoms with Gasteiger partial charge in [-0.25, -0.2) is 0 Å². The van der Waals surface area contributed by atoms with E-state index in [-0.39, 0.29) is 23.9 Å². The van der Waals surface area contributed by atoms with E-state index in [4.69, 9.17) is 0 Å². The first-order valence-corrected chi connectivity index (χ1v) is 7.56. The van der Waals surface area contributed by atoms with Crippen LogP contribution in [0.3, 0.4) is 0 Å². The molecule has 2 rings (SSSR count). The van der Waals surface area contributed by atoms with E-state index in [1.165, 1.54) is 0 Å². The van der Waals surface area contributed by atoms with Gasteiger partial charge in [0.1, 0.15) is 0 Å². The topological polar surface area (TPSA) is 70.2 Å². The predicted molar refractivity (Wildman–Crippen MR) is 83.3 cm³/mol. The fraction of sp³-hybridized carbons (Fsp3) is 0.500. The maximum Gasteiger partial charge on any atom is 0.253 e. The van der Waals surface area contributed by atoms with Crippen LogP contribution in [0.4, 0.5) is 5.69 Å². The van der Waals surface area contributed by atoms with Crippen LogP contribution in [0, 0.1) is 0 Å². The van der Waals surface area contributed by atoms with Crippen LogP contribution in [0.5, 0.6) is 0 Å². The van der Waals surface area contributed by atoms with Gasteiger partial charge in [0.25, 0.3) is 5.91 Å². The van der Waals surface area contributed by atoms with Gasteiger partial charge >= 0.3 is 0 Å². The molecule has 0 bridgehead atoms. The minimum atomic E-state index is -0.157. The monoisotopic (exact) mass is 289 g/mol. The Morgan fingerprint density at radius 2 is 2.14 bits per heavy atom. The highest BCUT2D eigenvalue weighted by atomic mass is 16.2. The summed E-state index contributed by atoms with van der Waals surface area (Å²) in [6, 6.07) is 7.06. The van der Waals surface area contributed by atoms with E-state index in [0.29, 0.717) is 11.3 Å². The summed E-state index contributed by atoms with van der Waals surface area (Å²) in [6.07, 6.45) is 2.72. The number of amides is 2. The quantitative estimate of drug-likeness (QED) is 0.775. The fourth-order valence-corrected chi connectivity index (χ4v) is 2.32.